The lowest BCUT2D eigenvalue weighted by atomic mass is 10.1. The van der Waals surface area contributed by atoms with Crippen LogP contribution in [0.3, 0.4) is 0 Å². The smallest absolute Gasteiger partial charge is 0.283 e. The molecule has 32 heavy (non-hydrogen) atoms. The number of Topliss-reactive ketones (excluding diaryl/α,β-unsaturated/α-hetero) is 1. The Kier molecular flexibility index (Phi) is 7.11. The van der Waals surface area contributed by atoms with E-state index in [1.807, 2.05) is 0 Å². The number of hydrogen-bond donors (Lipinski definition) is 2. The molecule has 0 unspecified atom stereocenters. The zero-order valence-electron chi connectivity index (χ0n) is 17.8. The Bertz CT molecular complexity index is 1220. The van der Waals surface area contributed by atoms with E-state index < -0.39 is 10.0 Å². The van der Waals surface area contributed by atoms with Gasteiger partial charge in [0, 0.05) is 25.4 Å². The summed E-state index contributed by atoms with van der Waals surface area (Å²) in [5, 5.41) is 6.83. The summed E-state index contributed by atoms with van der Waals surface area (Å²) in [6, 6.07) is 6.31. The Morgan fingerprint density at radius 2 is 1.84 bits per heavy atom. The lowest BCUT2D eigenvalue weighted by Crippen LogP contribution is -2.26. The third kappa shape index (κ3) is 4.89. The van der Waals surface area contributed by atoms with Crippen molar-refractivity contribution in [2.24, 2.45) is 5.73 Å². The average molecular weight is 457 g/mol. The molecule has 0 fully saturated rings. The molecule has 0 aliphatic rings. The molecular weight excluding hydrogens is 432 g/mol. The Hall–Kier alpha value is -3.44. The van der Waals surface area contributed by atoms with E-state index in [4.69, 9.17) is 5.73 Å². The van der Waals surface area contributed by atoms with Gasteiger partial charge in [0.1, 0.15) is 5.69 Å². The first-order chi connectivity index (χ1) is 15.3. The molecule has 0 aliphatic carbocycles. The molecule has 0 atom stereocenters. The molecule has 1 amide bonds. The van der Waals surface area contributed by atoms with E-state index in [0.29, 0.717) is 18.7 Å². The largest absolute Gasteiger partial charge is 0.350 e. The first-order valence-electron chi connectivity index (χ1n) is 9.94. The van der Waals surface area contributed by atoms with Crippen LogP contribution >= 0.6 is 0 Å². The Balaban J connectivity index is 1.71. The predicted octanol–water partition coefficient (Wildman–Crippen LogP) is 1.03. The molecule has 0 saturated carbocycles. The maximum atomic E-state index is 13.1. The zero-order valence-corrected chi connectivity index (χ0v) is 18.6. The van der Waals surface area contributed by atoms with Gasteiger partial charge in [-0.2, -0.15) is 17.6 Å². The van der Waals surface area contributed by atoms with Crippen molar-refractivity contribution in [3.05, 3.63) is 71.1 Å². The molecule has 3 N–H and O–H groups in total. The predicted molar refractivity (Wildman–Crippen MR) is 117 cm³/mol. The molecule has 0 radical (unpaired) electrons. The van der Waals surface area contributed by atoms with Gasteiger partial charge in [-0.15, -0.1) is 0 Å². The standard InChI is InChI=1S/C21H24N6O4S/c1-14-20(19(28)7-9-22)15(2)27(26-14)32(30,31)17-5-3-16(4-6-17)8-10-25-21(29)18-13-23-11-12-24-18/h3-6,11-13H,7-10,22H2,1-2H3,(H,25,29). The van der Waals surface area contributed by atoms with Crippen LogP contribution < -0.4 is 11.1 Å². The van der Waals surface area contributed by atoms with Crippen molar-refractivity contribution in [1.82, 2.24) is 24.5 Å². The van der Waals surface area contributed by atoms with Crippen molar-refractivity contribution in [1.29, 1.82) is 0 Å². The Labute approximate surface area is 185 Å². The van der Waals surface area contributed by atoms with Crippen molar-refractivity contribution in [2.75, 3.05) is 13.1 Å². The topological polar surface area (TPSA) is 150 Å². The summed E-state index contributed by atoms with van der Waals surface area (Å²) in [4.78, 5) is 32.1. The van der Waals surface area contributed by atoms with Gasteiger partial charge in [-0.1, -0.05) is 12.1 Å². The minimum atomic E-state index is -3.97. The molecule has 0 saturated heterocycles. The van der Waals surface area contributed by atoms with Crippen LogP contribution in [-0.4, -0.2) is 52.4 Å². The highest BCUT2D eigenvalue weighted by molar-refractivity contribution is 7.89. The fourth-order valence-corrected chi connectivity index (χ4v) is 4.63. The summed E-state index contributed by atoms with van der Waals surface area (Å²) >= 11 is 0. The van der Waals surface area contributed by atoms with Crippen LogP contribution in [0.5, 0.6) is 0 Å². The number of ketones is 1. The van der Waals surface area contributed by atoms with E-state index in [9.17, 15) is 18.0 Å². The van der Waals surface area contributed by atoms with Crippen molar-refractivity contribution in [3.63, 3.8) is 0 Å². The van der Waals surface area contributed by atoms with Gasteiger partial charge in [0.15, 0.2) is 5.78 Å². The highest BCUT2D eigenvalue weighted by Gasteiger charge is 2.26. The van der Waals surface area contributed by atoms with Gasteiger partial charge in [0.25, 0.3) is 15.9 Å². The van der Waals surface area contributed by atoms with Crippen LogP contribution in [0.4, 0.5) is 0 Å². The Morgan fingerprint density at radius 1 is 1.12 bits per heavy atom. The van der Waals surface area contributed by atoms with Gasteiger partial charge in [-0.05, 0) is 44.5 Å². The van der Waals surface area contributed by atoms with E-state index in [1.165, 1.54) is 30.7 Å². The van der Waals surface area contributed by atoms with Gasteiger partial charge in [0.2, 0.25) is 0 Å². The van der Waals surface area contributed by atoms with Gasteiger partial charge in [-0.25, -0.2) is 4.98 Å². The Morgan fingerprint density at radius 3 is 2.47 bits per heavy atom. The van der Waals surface area contributed by atoms with Gasteiger partial charge < -0.3 is 11.1 Å². The second-order valence-corrected chi connectivity index (χ2v) is 8.86. The van der Waals surface area contributed by atoms with Crippen molar-refractivity contribution in [3.8, 4) is 0 Å². The molecular formula is C21H24N6O4S. The number of nitrogens with zero attached hydrogens (tertiary/aromatic N) is 4. The lowest BCUT2D eigenvalue weighted by Gasteiger charge is -2.09. The van der Waals surface area contributed by atoms with Crippen molar-refractivity contribution in [2.45, 2.75) is 31.6 Å². The van der Waals surface area contributed by atoms with E-state index in [2.05, 4.69) is 20.4 Å². The van der Waals surface area contributed by atoms with Crippen LogP contribution in [0, 0.1) is 13.8 Å². The second-order valence-electron chi connectivity index (χ2n) is 7.10. The highest BCUT2D eigenvalue weighted by atomic mass is 32.2. The fraction of sp³-hybridized carbons (Fsp3) is 0.286. The van der Waals surface area contributed by atoms with Crippen LogP contribution in [0.2, 0.25) is 0 Å². The number of nitrogens with one attached hydrogen (secondary N) is 1. The van der Waals surface area contributed by atoms with Gasteiger partial charge >= 0.3 is 0 Å². The molecule has 0 spiro atoms. The summed E-state index contributed by atoms with van der Waals surface area (Å²) in [6.45, 7) is 3.68. The van der Waals surface area contributed by atoms with E-state index in [1.54, 1.807) is 26.0 Å². The first kappa shape index (κ1) is 23.2. The van der Waals surface area contributed by atoms with Crippen molar-refractivity contribution >= 4 is 21.7 Å². The molecule has 0 aliphatic heterocycles. The summed E-state index contributed by atoms with van der Waals surface area (Å²) in [7, 11) is -3.97. The minimum absolute atomic E-state index is 0.0493. The molecule has 0 bridgehead atoms. The van der Waals surface area contributed by atoms with Crippen LogP contribution in [0.15, 0.2) is 47.8 Å². The van der Waals surface area contributed by atoms with Gasteiger partial charge in [0.05, 0.1) is 28.0 Å². The third-order valence-electron chi connectivity index (χ3n) is 4.85. The number of nitrogens with two attached hydrogens (primary N) is 1. The summed E-state index contributed by atoms with van der Waals surface area (Å²) in [5.74, 6) is -0.565. The third-order valence-corrected chi connectivity index (χ3v) is 6.52. The first-order valence-corrected chi connectivity index (χ1v) is 11.4. The molecule has 3 rings (SSSR count). The number of benzene rings is 1. The number of rotatable bonds is 9. The molecule has 168 valence electrons. The molecule has 11 heteroatoms. The zero-order chi connectivity index (χ0) is 23.3. The number of hydrogen-bond acceptors (Lipinski definition) is 8. The van der Waals surface area contributed by atoms with Crippen LogP contribution in [0.25, 0.3) is 0 Å². The quantitative estimate of drug-likeness (QED) is 0.453. The number of carbonyl (C=O) groups excluding carboxylic acids is 2. The van der Waals surface area contributed by atoms with E-state index >= 15 is 0 Å². The maximum absolute atomic E-state index is 13.1. The second kappa shape index (κ2) is 9.79. The molecule has 10 nitrogen and oxygen atoms in total. The number of carbonyl (C=O) groups is 2. The lowest BCUT2D eigenvalue weighted by molar-refractivity contribution is 0.0947. The maximum Gasteiger partial charge on any atom is 0.283 e. The van der Waals surface area contributed by atoms with Crippen LogP contribution in [0.1, 0.15) is 44.2 Å². The van der Waals surface area contributed by atoms with E-state index in [0.717, 1.165) is 9.65 Å². The van der Waals surface area contributed by atoms with Crippen LogP contribution in [-0.2, 0) is 16.4 Å². The molecule has 2 aromatic heterocycles. The fourth-order valence-electron chi connectivity index (χ4n) is 3.27. The molecule has 1 aromatic carbocycles. The average Bonchev–Trinajstić information content (AvgIpc) is 3.09. The van der Waals surface area contributed by atoms with Crippen molar-refractivity contribution < 1.29 is 18.0 Å². The number of aryl methyl sites for hydroxylation is 1. The molecule has 3 aromatic rings. The van der Waals surface area contributed by atoms with E-state index in [-0.39, 0.29) is 46.5 Å². The minimum Gasteiger partial charge on any atom is -0.350 e. The number of amides is 1. The number of aromatic nitrogens is 4. The highest BCUT2D eigenvalue weighted by Crippen LogP contribution is 2.21. The van der Waals surface area contributed by atoms with Gasteiger partial charge in [-0.3, -0.25) is 14.6 Å². The normalized spacial score (nSPS) is 11.3. The summed E-state index contributed by atoms with van der Waals surface area (Å²) in [6.07, 6.45) is 4.92. The monoisotopic (exact) mass is 456 g/mol. The SMILES string of the molecule is Cc1nn(S(=O)(=O)c2ccc(CCNC(=O)c3cnccn3)cc2)c(C)c1C(=O)CCN. The summed E-state index contributed by atoms with van der Waals surface area (Å²) < 4.78 is 27.0. The molecule has 2 heterocycles. The summed E-state index contributed by atoms with van der Waals surface area (Å²) in [5.41, 5.74) is 7.41.